The van der Waals surface area contributed by atoms with Gasteiger partial charge in [-0.3, -0.25) is 4.68 Å². The maximum atomic E-state index is 13.8. The molecule has 3 aromatic rings. The minimum atomic E-state index is -0.872. The van der Waals surface area contributed by atoms with Crippen molar-refractivity contribution >= 4 is 17.8 Å². The number of rotatable bonds is 5. The zero-order chi connectivity index (χ0) is 19.0. The number of benzene rings is 1. The second-order valence-electron chi connectivity index (χ2n) is 6.27. The summed E-state index contributed by atoms with van der Waals surface area (Å²) in [5.74, 6) is -1.14. The molecule has 0 spiro atoms. The van der Waals surface area contributed by atoms with Gasteiger partial charge in [0.2, 0.25) is 0 Å². The maximum Gasteiger partial charge on any atom is 0.199 e. The van der Waals surface area contributed by atoms with Crippen molar-refractivity contribution in [3.8, 4) is 11.4 Å². The molecule has 27 heavy (non-hydrogen) atoms. The number of aromatic amines is 1. The quantitative estimate of drug-likeness (QED) is 0.536. The first-order chi connectivity index (χ1) is 13.0. The lowest BCUT2D eigenvalue weighted by atomic mass is 10.2. The third kappa shape index (κ3) is 3.44. The van der Waals surface area contributed by atoms with Crippen molar-refractivity contribution in [2.45, 2.75) is 25.5 Å². The van der Waals surface area contributed by atoms with Gasteiger partial charge in [-0.25, -0.2) is 18.8 Å². The Morgan fingerprint density at radius 3 is 2.96 bits per heavy atom. The molecule has 1 aliphatic rings. The first-order valence-corrected chi connectivity index (χ1v) is 9.00. The summed E-state index contributed by atoms with van der Waals surface area (Å²) in [6, 6.07) is 4.09. The van der Waals surface area contributed by atoms with E-state index in [0.717, 1.165) is 29.9 Å². The van der Waals surface area contributed by atoms with Gasteiger partial charge in [0.25, 0.3) is 0 Å². The predicted molar refractivity (Wildman–Crippen MR) is 97.2 cm³/mol. The molecule has 0 bridgehead atoms. The molecule has 0 saturated carbocycles. The van der Waals surface area contributed by atoms with E-state index in [-0.39, 0.29) is 12.1 Å². The van der Waals surface area contributed by atoms with E-state index in [1.165, 1.54) is 16.8 Å². The first kappa shape index (κ1) is 17.7. The average Bonchev–Trinajstić information content (AvgIpc) is 3.26. The molecule has 0 fully saturated rings. The summed E-state index contributed by atoms with van der Waals surface area (Å²) in [5.41, 5.74) is 1.01. The third-order valence-electron chi connectivity index (χ3n) is 4.26. The van der Waals surface area contributed by atoms with Crippen molar-refractivity contribution in [2.24, 2.45) is 4.99 Å². The fourth-order valence-electron chi connectivity index (χ4n) is 2.95. The lowest BCUT2D eigenvalue weighted by Gasteiger charge is -2.23. The number of halogens is 3. The zero-order valence-corrected chi connectivity index (χ0v) is 15.3. The Balaban J connectivity index is 1.62. The molecule has 140 valence electrons. The summed E-state index contributed by atoms with van der Waals surface area (Å²) in [5, 5.41) is 4.99. The molecule has 1 aliphatic heterocycles. The second-order valence-corrected chi connectivity index (χ2v) is 6.66. The molecular formula is C18H17ClF2N6. The van der Waals surface area contributed by atoms with Gasteiger partial charge in [-0.15, -0.1) is 0 Å². The summed E-state index contributed by atoms with van der Waals surface area (Å²) in [6.45, 7) is 2.98. The molecule has 1 unspecified atom stereocenters. The average molecular weight is 391 g/mol. The molecule has 4 rings (SSSR count). The SMILES string of the molecule is CCCN1C=c2[nH]c(-c3cnn(Cc4cccc(F)c4F)c3)nc2=NC1Cl. The van der Waals surface area contributed by atoms with Gasteiger partial charge in [0.15, 0.2) is 22.7 Å². The topological polar surface area (TPSA) is 62.1 Å². The molecule has 9 heteroatoms. The van der Waals surface area contributed by atoms with Gasteiger partial charge < -0.3 is 9.88 Å². The van der Waals surface area contributed by atoms with E-state index in [4.69, 9.17) is 11.6 Å². The largest absolute Gasteiger partial charge is 0.341 e. The van der Waals surface area contributed by atoms with Gasteiger partial charge in [-0.05, 0) is 12.5 Å². The number of alkyl halides is 1. The number of fused-ring (bicyclic) bond motifs is 1. The highest BCUT2D eigenvalue weighted by molar-refractivity contribution is 6.20. The molecule has 1 atom stereocenters. The van der Waals surface area contributed by atoms with Crippen molar-refractivity contribution in [1.29, 1.82) is 0 Å². The van der Waals surface area contributed by atoms with Crippen molar-refractivity contribution in [3.63, 3.8) is 0 Å². The third-order valence-corrected chi connectivity index (χ3v) is 4.61. The fraction of sp³-hybridized carbons (Fsp3) is 0.278. The molecular weight excluding hydrogens is 374 g/mol. The van der Waals surface area contributed by atoms with Crippen molar-refractivity contribution < 1.29 is 8.78 Å². The molecule has 0 aliphatic carbocycles. The van der Waals surface area contributed by atoms with Crippen LogP contribution in [0.2, 0.25) is 0 Å². The van der Waals surface area contributed by atoms with Gasteiger partial charge >= 0.3 is 0 Å². The lowest BCUT2D eigenvalue weighted by Crippen LogP contribution is -2.40. The molecule has 0 amide bonds. The first-order valence-electron chi connectivity index (χ1n) is 8.56. The highest BCUT2D eigenvalue weighted by Crippen LogP contribution is 2.16. The van der Waals surface area contributed by atoms with E-state index in [1.54, 1.807) is 12.4 Å². The number of nitrogens with one attached hydrogen (secondary N) is 1. The van der Waals surface area contributed by atoms with Crippen molar-refractivity contribution in [1.82, 2.24) is 24.6 Å². The van der Waals surface area contributed by atoms with E-state index in [0.29, 0.717) is 11.3 Å². The molecule has 1 N–H and O–H groups in total. The van der Waals surface area contributed by atoms with Crippen LogP contribution >= 0.6 is 11.6 Å². The monoisotopic (exact) mass is 390 g/mol. The van der Waals surface area contributed by atoms with E-state index < -0.39 is 17.3 Å². The predicted octanol–water partition coefficient (Wildman–Crippen LogP) is 2.21. The van der Waals surface area contributed by atoms with E-state index >= 15 is 0 Å². The highest BCUT2D eigenvalue weighted by atomic mass is 35.5. The summed E-state index contributed by atoms with van der Waals surface area (Å²) < 4.78 is 28.7. The summed E-state index contributed by atoms with van der Waals surface area (Å²) in [4.78, 5) is 14.0. The molecule has 0 saturated heterocycles. The van der Waals surface area contributed by atoms with Crippen LogP contribution in [0.5, 0.6) is 0 Å². The van der Waals surface area contributed by atoms with Gasteiger partial charge in [-0.1, -0.05) is 30.7 Å². The standard InChI is InChI=1S/C18H17ClF2N6/c1-2-6-26-10-14-17(25-18(26)19)24-16(23-14)12-7-22-27(9-12)8-11-4-3-5-13(20)15(11)21/h3-5,7,9-10,18H,2,6,8H2,1H3,(H,23,24,25). The van der Waals surface area contributed by atoms with Gasteiger partial charge in [0.1, 0.15) is 11.2 Å². The molecule has 6 nitrogen and oxygen atoms in total. The van der Waals surface area contributed by atoms with Crippen LogP contribution < -0.4 is 10.8 Å². The Morgan fingerprint density at radius 1 is 1.30 bits per heavy atom. The summed E-state index contributed by atoms with van der Waals surface area (Å²) >= 11 is 6.26. The van der Waals surface area contributed by atoms with Crippen LogP contribution in [0.1, 0.15) is 18.9 Å². The summed E-state index contributed by atoms with van der Waals surface area (Å²) in [7, 11) is 0. The Hall–Kier alpha value is -2.74. The van der Waals surface area contributed by atoms with E-state index in [1.807, 2.05) is 11.1 Å². The fourth-order valence-corrected chi connectivity index (χ4v) is 3.20. The van der Waals surface area contributed by atoms with Crippen LogP contribution in [-0.4, -0.2) is 36.8 Å². The highest BCUT2D eigenvalue weighted by Gasteiger charge is 2.17. The van der Waals surface area contributed by atoms with Crippen LogP contribution in [0.4, 0.5) is 8.78 Å². The zero-order valence-electron chi connectivity index (χ0n) is 14.5. The number of H-pyrrole nitrogens is 1. The van der Waals surface area contributed by atoms with Crippen LogP contribution in [0.15, 0.2) is 35.6 Å². The van der Waals surface area contributed by atoms with Gasteiger partial charge in [0.05, 0.1) is 18.3 Å². The van der Waals surface area contributed by atoms with E-state index in [2.05, 4.69) is 27.0 Å². The van der Waals surface area contributed by atoms with Crippen LogP contribution in [0, 0.1) is 11.6 Å². The Bertz CT molecular complexity index is 1090. The van der Waals surface area contributed by atoms with Crippen molar-refractivity contribution in [2.75, 3.05) is 6.54 Å². The van der Waals surface area contributed by atoms with Crippen LogP contribution in [0.25, 0.3) is 17.6 Å². The minimum absolute atomic E-state index is 0.120. The van der Waals surface area contributed by atoms with Crippen LogP contribution in [0.3, 0.4) is 0 Å². The number of nitrogens with zero attached hydrogens (tertiary/aromatic N) is 5. The van der Waals surface area contributed by atoms with Crippen LogP contribution in [-0.2, 0) is 6.54 Å². The van der Waals surface area contributed by atoms with E-state index in [9.17, 15) is 8.78 Å². The number of hydrogen-bond acceptors (Lipinski definition) is 4. The summed E-state index contributed by atoms with van der Waals surface area (Å²) in [6.07, 6.45) is 6.20. The lowest BCUT2D eigenvalue weighted by molar-refractivity contribution is 0.375. The second kappa shape index (κ2) is 7.11. The number of aromatic nitrogens is 4. The van der Waals surface area contributed by atoms with Gasteiger partial charge in [-0.2, -0.15) is 5.10 Å². The van der Waals surface area contributed by atoms with Gasteiger partial charge in [0, 0.05) is 24.5 Å². The molecule has 2 aromatic heterocycles. The Labute approximate surface area is 158 Å². The van der Waals surface area contributed by atoms with Crippen molar-refractivity contribution in [3.05, 3.63) is 58.6 Å². The maximum absolute atomic E-state index is 13.8. The minimum Gasteiger partial charge on any atom is -0.341 e. The molecule has 3 heterocycles. The normalized spacial score (nSPS) is 16.0. The Morgan fingerprint density at radius 2 is 2.15 bits per heavy atom. The number of hydrogen-bond donors (Lipinski definition) is 1. The Kier molecular flexibility index (Phi) is 4.65. The molecule has 1 aromatic carbocycles. The number of imidazole rings is 1. The smallest absolute Gasteiger partial charge is 0.199 e. The molecule has 0 radical (unpaired) electrons.